The van der Waals surface area contributed by atoms with Crippen molar-refractivity contribution in [3.05, 3.63) is 60.7 Å². The van der Waals surface area contributed by atoms with E-state index in [4.69, 9.17) is 0 Å². The highest BCUT2D eigenvalue weighted by Crippen LogP contribution is 2.26. The van der Waals surface area contributed by atoms with Crippen molar-refractivity contribution >= 4 is 11.4 Å². The fourth-order valence-electron chi connectivity index (χ4n) is 1.87. The summed E-state index contributed by atoms with van der Waals surface area (Å²) in [4.78, 5) is 2.31. The van der Waals surface area contributed by atoms with Crippen molar-refractivity contribution in [1.29, 1.82) is 0 Å². The molecule has 0 spiro atoms. The van der Waals surface area contributed by atoms with Gasteiger partial charge >= 0.3 is 0 Å². The Morgan fingerprint density at radius 1 is 0.875 bits per heavy atom. The standard InChI is InChI=1S/C15H16N/c1-13(2)16(14-9-5-3-6-10-14)15-11-7-4-8-12-15/h3,5-13H,1-2H3. The van der Waals surface area contributed by atoms with Crippen LogP contribution in [0.4, 0.5) is 11.4 Å². The van der Waals surface area contributed by atoms with Crippen LogP contribution in [0.1, 0.15) is 13.8 Å². The predicted octanol–water partition coefficient (Wildman–Crippen LogP) is 4.03. The molecule has 0 atom stereocenters. The van der Waals surface area contributed by atoms with Crippen LogP contribution in [0.5, 0.6) is 0 Å². The SMILES string of the molecule is CC(C)N(c1cc[c]cc1)c1ccccc1. The van der Waals surface area contributed by atoms with Gasteiger partial charge in [-0.2, -0.15) is 0 Å². The predicted molar refractivity (Wildman–Crippen MR) is 69.0 cm³/mol. The number of nitrogens with zero attached hydrogens (tertiary/aromatic N) is 1. The zero-order chi connectivity index (χ0) is 11.4. The molecule has 2 aromatic carbocycles. The lowest BCUT2D eigenvalue weighted by molar-refractivity contribution is 0.789. The molecule has 0 bridgehead atoms. The summed E-state index contributed by atoms with van der Waals surface area (Å²) in [7, 11) is 0. The van der Waals surface area contributed by atoms with Crippen LogP contribution in [0.15, 0.2) is 54.6 Å². The van der Waals surface area contributed by atoms with E-state index < -0.39 is 0 Å². The van der Waals surface area contributed by atoms with Gasteiger partial charge in [0.25, 0.3) is 0 Å². The highest BCUT2D eigenvalue weighted by Gasteiger charge is 2.11. The third kappa shape index (κ3) is 2.25. The molecule has 0 saturated carbocycles. The van der Waals surface area contributed by atoms with E-state index in [9.17, 15) is 0 Å². The van der Waals surface area contributed by atoms with Gasteiger partial charge in [-0.15, -0.1) is 0 Å². The van der Waals surface area contributed by atoms with Gasteiger partial charge in [-0.1, -0.05) is 30.3 Å². The third-order valence-electron chi connectivity index (χ3n) is 2.53. The Bertz CT molecular complexity index is 380. The molecule has 2 aromatic rings. The lowest BCUT2D eigenvalue weighted by Crippen LogP contribution is -2.25. The van der Waals surface area contributed by atoms with E-state index in [0.29, 0.717) is 6.04 Å². The van der Waals surface area contributed by atoms with Crippen LogP contribution in [-0.2, 0) is 0 Å². The first-order valence-corrected chi connectivity index (χ1v) is 5.59. The maximum atomic E-state index is 3.05. The Morgan fingerprint density at radius 2 is 1.44 bits per heavy atom. The monoisotopic (exact) mass is 210 g/mol. The Kier molecular flexibility index (Phi) is 3.25. The number of hydrogen-bond donors (Lipinski definition) is 0. The first kappa shape index (κ1) is 10.7. The molecule has 1 heteroatoms. The second kappa shape index (κ2) is 4.84. The number of benzene rings is 2. The smallest absolute Gasteiger partial charge is 0.0413 e. The van der Waals surface area contributed by atoms with Gasteiger partial charge in [-0.25, -0.2) is 0 Å². The van der Waals surface area contributed by atoms with E-state index in [1.807, 2.05) is 18.2 Å². The number of anilines is 2. The highest BCUT2D eigenvalue weighted by molar-refractivity contribution is 5.63. The van der Waals surface area contributed by atoms with Crippen LogP contribution in [0.3, 0.4) is 0 Å². The summed E-state index contributed by atoms with van der Waals surface area (Å²) in [6.07, 6.45) is 0. The largest absolute Gasteiger partial charge is 0.339 e. The van der Waals surface area contributed by atoms with Crippen molar-refractivity contribution in [2.24, 2.45) is 0 Å². The van der Waals surface area contributed by atoms with Gasteiger partial charge in [0, 0.05) is 17.4 Å². The average Bonchev–Trinajstić information content (AvgIpc) is 2.31. The molecule has 16 heavy (non-hydrogen) atoms. The fraction of sp³-hybridized carbons (Fsp3) is 0.200. The third-order valence-corrected chi connectivity index (χ3v) is 2.53. The van der Waals surface area contributed by atoms with E-state index in [0.717, 1.165) is 0 Å². The van der Waals surface area contributed by atoms with Crippen molar-refractivity contribution in [2.45, 2.75) is 19.9 Å². The van der Waals surface area contributed by atoms with E-state index in [1.165, 1.54) is 11.4 Å². The topological polar surface area (TPSA) is 3.24 Å². The molecule has 0 aliphatic heterocycles. The van der Waals surface area contributed by atoms with Crippen LogP contribution >= 0.6 is 0 Å². The minimum Gasteiger partial charge on any atom is -0.339 e. The highest BCUT2D eigenvalue weighted by atomic mass is 15.2. The number of rotatable bonds is 3. The van der Waals surface area contributed by atoms with Crippen LogP contribution in [0.25, 0.3) is 0 Å². The summed E-state index contributed by atoms with van der Waals surface area (Å²) in [6, 6.07) is 22.0. The van der Waals surface area contributed by atoms with Gasteiger partial charge in [0.1, 0.15) is 0 Å². The molecule has 0 unspecified atom stereocenters. The molecule has 0 aliphatic carbocycles. The molecule has 0 fully saturated rings. The molecule has 81 valence electrons. The van der Waals surface area contributed by atoms with Crippen molar-refractivity contribution < 1.29 is 0 Å². The average molecular weight is 210 g/mol. The van der Waals surface area contributed by atoms with Gasteiger partial charge in [-0.05, 0) is 44.2 Å². The first-order chi connectivity index (χ1) is 7.79. The quantitative estimate of drug-likeness (QED) is 0.739. The maximum Gasteiger partial charge on any atom is 0.0413 e. The molecule has 0 aromatic heterocycles. The Morgan fingerprint density at radius 3 is 2.00 bits per heavy atom. The van der Waals surface area contributed by atoms with E-state index in [1.54, 1.807) is 0 Å². The summed E-state index contributed by atoms with van der Waals surface area (Å²) in [5.41, 5.74) is 2.43. The lowest BCUT2D eigenvalue weighted by atomic mass is 10.2. The molecule has 1 nitrogen and oxygen atoms in total. The maximum absolute atomic E-state index is 3.05. The van der Waals surface area contributed by atoms with Crippen molar-refractivity contribution in [3.8, 4) is 0 Å². The van der Waals surface area contributed by atoms with E-state index >= 15 is 0 Å². The molecule has 0 heterocycles. The van der Waals surface area contributed by atoms with Crippen LogP contribution < -0.4 is 4.90 Å². The minimum absolute atomic E-state index is 0.435. The second-order valence-corrected chi connectivity index (χ2v) is 4.06. The van der Waals surface area contributed by atoms with Crippen molar-refractivity contribution in [2.75, 3.05) is 4.90 Å². The number of para-hydroxylation sites is 1. The molecule has 0 N–H and O–H groups in total. The summed E-state index contributed by atoms with van der Waals surface area (Å²) in [5.74, 6) is 0. The van der Waals surface area contributed by atoms with Gasteiger partial charge < -0.3 is 4.90 Å². The zero-order valence-electron chi connectivity index (χ0n) is 9.72. The van der Waals surface area contributed by atoms with Crippen LogP contribution in [-0.4, -0.2) is 6.04 Å². The molecular formula is C15H16N. The lowest BCUT2D eigenvalue weighted by Gasteiger charge is -2.29. The first-order valence-electron chi connectivity index (χ1n) is 5.59. The van der Waals surface area contributed by atoms with Gasteiger partial charge in [0.15, 0.2) is 0 Å². The van der Waals surface area contributed by atoms with E-state index in [2.05, 4.69) is 61.2 Å². The fourth-order valence-corrected chi connectivity index (χ4v) is 1.87. The molecule has 2 rings (SSSR count). The van der Waals surface area contributed by atoms with Gasteiger partial charge in [0.05, 0.1) is 0 Å². The Balaban J connectivity index is 2.40. The Labute approximate surface area is 97.3 Å². The van der Waals surface area contributed by atoms with Crippen molar-refractivity contribution in [3.63, 3.8) is 0 Å². The molecule has 0 amide bonds. The van der Waals surface area contributed by atoms with Gasteiger partial charge in [0.2, 0.25) is 0 Å². The van der Waals surface area contributed by atoms with Crippen molar-refractivity contribution in [1.82, 2.24) is 0 Å². The van der Waals surface area contributed by atoms with Crippen LogP contribution in [0, 0.1) is 6.07 Å². The van der Waals surface area contributed by atoms with Gasteiger partial charge in [-0.3, -0.25) is 0 Å². The normalized spacial score (nSPS) is 10.4. The summed E-state index contributed by atoms with van der Waals surface area (Å²) < 4.78 is 0. The minimum atomic E-state index is 0.435. The van der Waals surface area contributed by atoms with Crippen LogP contribution in [0.2, 0.25) is 0 Å². The Hall–Kier alpha value is -1.76. The second-order valence-electron chi connectivity index (χ2n) is 4.06. The zero-order valence-corrected chi connectivity index (χ0v) is 9.72. The summed E-state index contributed by atoms with van der Waals surface area (Å²) in [5, 5.41) is 0. The summed E-state index contributed by atoms with van der Waals surface area (Å²) in [6.45, 7) is 4.40. The molecule has 1 radical (unpaired) electrons. The number of hydrogen-bond acceptors (Lipinski definition) is 1. The molecular weight excluding hydrogens is 194 g/mol. The summed E-state index contributed by atoms with van der Waals surface area (Å²) >= 11 is 0. The van der Waals surface area contributed by atoms with E-state index in [-0.39, 0.29) is 0 Å². The molecule has 0 saturated heterocycles. The molecule has 0 aliphatic rings.